The molecule has 1 aliphatic rings. The average Bonchev–Trinajstić information content (AvgIpc) is 2.61. The number of ketones is 2. The molecule has 0 amide bonds. The number of allylic oxidation sites excluding steroid dienone is 1. The Kier molecular flexibility index (Phi) is 6.81. The lowest BCUT2D eigenvalue weighted by Crippen LogP contribution is -2.29. The lowest BCUT2D eigenvalue weighted by atomic mass is 9.82. The van der Waals surface area contributed by atoms with E-state index in [-0.39, 0.29) is 25.6 Å². The Hall–Kier alpha value is -2.43. The van der Waals surface area contributed by atoms with Gasteiger partial charge >= 0.3 is 0 Å². The van der Waals surface area contributed by atoms with Crippen LogP contribution in [0.3, 0.4) is 0 Å². The van der Waals surface area contributed by atoms with E-state index in [1.54, 1.807) is 0 Å². The molecule has 0 saturated heterocycles. The second-order valence-electron chi connectivity index (χ2n) is 8.56. The first-order chi connectivity index (χ1) is 13.1. The van der Waals surface area contributed by atoms with Crippen LogP contribution in [0.1, 0.15) is 66.4 Å². The molecule has 0 saturated carbocycles. The van der Waals surface area contributed by atoms with Crippen molar-refractivity contribution in [2.75, 3.05) is 17.2 Å². The van der Waals surface area contributed by atoms with Gasteiger partial charge in [0.15, 0.2) is 5.78 Å². The Labute approximate surface area is 169 Å². The first-order valence-electron chi connectivity index (χ1n) is 9.93. The fraction of sp³-hybridized carbons (Fsp3) is 0.522. The van der Waals surface area contributed by atoms with Gasteiger partial charge in [-0.2, -0.15) is 0 Å². The van der Waals surface area contributed by atoms with Crippen molar-refractivity contribution in [1.82, 2.24) is 0 Å². The van der Waals surface area contributed by atoms with Crippen LogP contribution in [0, 0.1) is 5.92 Å². The zero-order valence-corrected chi connectivity index (χ0v) is 17.6. The normalized spacial score (nSPS) is 18.3. The van der Waals surface area contributed by atoms with Crippen LogP contribution >= 0.6 is 0 Å². The molecule has 0 bridgehead atoms. The minimum absolute atomic E-state index is 0. The topological polar surface area (TPSA) is 75.3 Å². The maximum absolute atomic E-state index is 12.5. The van der Waals surface area contributed by atoms with Crippen LogP contribution in [0.4, 0.5) is 11.4 Å². The molecule has 5 heteroatoms. The van der Waals surface area contributed by atoms with Gasteiger partial charge in [-0.3, -0.25) is 9.59 Å². The molecular formula is C23H34N2O3. The van der Waals surface area contributed by atoms with Crippen LogP contribution < -0.4 is 10.6 Å². The summed E-state index contributed by atoms with van der Waals surface area (Å²) in [5.74, 6) is -0.737. The SMILES string of the molecule is C=C1CCCC(C(C)=O)C(=O)CNc2cc(C(C)(C)C=O)c(NC(C)C)cc21.[HH]. The fourth-order valence-corrected chi connectivity index (χ4v) is 3.62. The van der Waals surface area contributed by atoms with Gasteiger partial charge in [-0.25, -0.2) is 0 Å². The maximum atomic E-state index is 12.5. The summed E-state index contributed by atoms with van der Waals surface area (Å²) in [6.45, 7) is 13.7. The average molecular weight is 387 g/mol. The lowest BCUT2D eigenvalue weighted by Gasteiger charge is -2.27. The molecule has 28 heavy (non-hydrogen) atoms. The molecule has 1 aromatic carbocycles. The molecule has 1 heterocycles. The van der Waals surface area contributed by atoms with E-state index in [1.807, 2.05) is 26.0 Å². The van der Waals surface area contributed by atoms with E-state index in [2.05, 4.69) is 31.1 Å². The summed E-state index contributed by atoms with van der Waals surface area (Å²) < 4.78 is 0. The van der Waals surface area contributed by atoms with Crippen molar-refractivity contribution < 1.29 is 15.8 Å². The van der Waals surface area contributed by atoms with Crippen molar-refractivity contribution in [2.45, 2.75) is 65.3 Å². The van der Waals surface area contributed by atoms with Gasteiger partial charge < -0.3 is 15.4 Å². The predicted octanol–water partition coefficient (Wildman–Crippen LogP) is 4.61. The van der Waals surface area contributed by atoms with Gasteiger partial charge in [0.25, 0.3) is 0 Å². The zero-order valence-electron chi connectivity index (χ0n) is 17.6. The third-order valence-corrected chi connectivity index (χ3v) is 5.28. The van der Waals surface area contributed by atoms with Crippen LogP contribution in [0.5, 0.6) is 0 Å². The summed E-state index contributed by atoms with van der Waals surface area (Å²) in [6, 6.07) is 4.18. The number of Topliss-reactive ketones (excluding diaryl/α,β-unsaturated/α-hetero) is 2. The van der Waals surface area contributed by atoms with Gasteiger partial charge in [0.1, 0.15) is 12.1 Å². The Morgan fingerprint density at radius 2 is 2.07 bits per heavy atom. The van der Waals surface area contributed by atoms with Crippen LogP contribution in [0.2, 0.25) is 0 Å². The molecular weight excluding hydrogens is 352 g/mol. The number of aldehydes is 1. The number of carbonyl (C=O) groups excluding carboxylic acids is 3. The van der Waals surface area contributed by atoms with Gasteiger partial charge in [0.2, 0.25) is 0 Å². The van der Waals surface area contributed by atoms with Crippen LogP contribution in [-0.2, 0) is 19.8 Å². The van der Waals surface area contributed by atoms with E-state index in [9.17, 15) is 14.4 Å². The van der Waals surface area contributed by atoms with Gasteiger partial charge in [0.05, 0.1) is 12.5 Å². The summed E-state index contributed by atoms with van der Waals surface area (Å²) >= 11 is 0. The number of fused-ring (bicyclic) bond motifs is 1. The first kappa shape index (κ1) is 21.9. The number of benzene rings is 1. The van der Waals surface area contributed by atoms with Gasteiger partial charge in [0, 0.05) is 29.8 Å². The largest absolute Gasteiger partial charge is 0.383 e. The number of anilines is 2. The highest BCUT2D eigenvalue weighted by Gasteiger charge is 2.28. The van der Waals surface area contributed by atoms with E-state index in [4.69, 9.17) is 0 Å². The molecule has 154 valence electrons. The molecule has 5 nitrogen and oxygen atoms in total. The van der Waals surface area contributed by atoms with Crippen LogP contribution in [-0.4, -0.2) is 30.4 Å². The van der Waals surface area contributed by atoms with Crippen LogP contribution in [0.25, 0.3) is 5.57 Å². The predicted molar refractivity (Wildman–Crippen MR) is 117 cm³/mol. The number of hydrogen-bond donors (Lipinski definition) is 2. The molecule has 0 aliphatic carbocycles. The number of rotatable bonds is 5. The minimum Gasteiger partial charge on any atom is -0.383 e. The highest BCUT2D eigenvalue weighted by Crippen LogP contribution is 2.38. The quantitative estimate of drug-likeness (QED) is 0.571. The smallest absolute Gasteiger partial charge is 0.162 e. The van der Waals surface area contributed by atoms with Crippen molar-refractivity contribution in [1.29, 1.82) is 0 Å². The molecule has 1 aromatic rings. The monoisotopic (exact) mass is 386 g/mol. The molecule has 1 unspecified atom stereocenters. The Morgan fingerprint density at radius 3 is 2.64 bits per heavy atom. The number of hydrogen-bond acceptors (Lipinski definition) is 5. The lowest BCUT2D eigenvalue weighted by molar-refractivity contribution is -0.130. The summed E-state index contributed by atoms with van der Waals surface area (Å²) in [5, 5.41) is 6.65. The molecule has 0 fully saturated rings. The first-order valence-corrected chi connectivity index (χ1v) is 9.93. The zero-order chi connectivity index (χ0) is 21.1. The number of carbonyl (C=O) groups is 3. The summed E-state index contributed by atoms with van der Waals surface area (Å²) in [5.41, 5.74) is 3.77. The van der Waals surface area contributed by atoms with E-state index < -0.39 is 11.3 Å². The summed E-state index contributed by atoms with van der Waals surface area (Å²) in [4.78, 5) is 36.1. The van der Waals surface area contributed by atoms with Gasteiger partial charge in [-0.15, -0.1) is 0 Å². The maximum Gasteiger partial charge on any atom is 0.162 e. The van der Waals surface area contributed by atoms with Crippen molar-refractivity contribution >= 4 is 34.8 Å². The van der Waals surface area contributed by atoms with E-state index in [1.165, 1.54) is 6.92 Å². The fourth-order valence-electron chi connectivity index (χ4n) is 3.62. The highest BCUT2D eigenvalue weighted by molar-refractivity contribution is 6.03. The third kappa shape index (κ3) is 4.89. The molecule has 0 radical (unpaired) electrons. The van der Waals surface area contributed by atoms with Gasteiger partial charge in [-0.05, 0) is 77.2 Å². The van der Waals surface area contributed by atoms with E-state index in [0.29, 0.717) is 12.8 Å². The molecule has 0 spiro atoms. The van der Waals surface area contributed by atoms with Gasteiger partial charge in [-0.1, -0.05) is 6.58 Å². The summed E-state index contributed by atoms with van der Waals surface area (Å²) in [7, 11) is 0. The number of nitrogens with one attached hydrogen (secondary N) is 2. The van der Waals surface area contributed by atoms with E-state index in [0.717, 1.165) is 40.8 Å². The molecule has 2 N–H and O–H groups in total. The van der Waals surface area contributed by atoms with Crippen molar-refractivity contribution in [3.8, 4) is 0 Å². The van der Waals surface area contributed by atoms with E-state index >= 15 is 0 Å². The van der Waals surface area contributed by atoms with Crippen LogP contribution in [0.15, 0.2) is 18.7 Å². The molecule has 2 rings (SSSR count). The second kappa shape index (κ2) is 8.72. The van der Waals surface area contributed by atoms with Crippen molar-refractivity contribution in [2.24, 2.45) is 5.92 Å². The minimum atomic E-state index is -0.684. The van der Waals surface area contributed by atoms with Crippen molar-refractivity contribution in [3.63, 3.8) is 0 Å². The molecule has 0 aromatic heterocycles. The molecule has 1 atom stereocenters. The highest BCUT2D eigenvalue weighted by atomic mass is 16.2. The Bertz CT molecular complexity index is 800. The van der Waals surface area contributed by atoms with Crippen molar-refractivity contribution in [3.05, 3.63) is 29.8 Å². The Morgan fingerprint density at radius 1 is 1.39 bits per heavy atom. The Balaban J connectivity index is 0.00000420. The second-order valence-corrected chi connectivity index (χ2v) is 8.56. The standard InChI is InChI=1S/C23H32N2O3.H2/c1-14(2)25-21-10-18-15(3)8-7-9-17(16(4)27)22(28)12-24-20(18)11-19(21)23(5,6)13-26;/h10-11,13-14,17,24-25H,3,7-9,12H2,1-2,4-6H3;1H. The molecule has 1 aliphatic heterocycles. The third-order valence-electron chi connectivity index (χ3n) is 5.28. The summed E-state index contributed by atoms with van der Waals surface area (Å²) in [6.07, 6.45) is 2.94.